The van der Waals surface area contributed by atoms with E-state index >= 15 is 0 Å². The van der Waals surface area contributed by atoms with Gasteiger partial charge in [0.2, 0.25) is 0 Å². The normalized spacial score (nSPS) is 16.4. The van der Waals surface area contributed by atoms with E-state index in [1.807, 2.05) is 43.3 Å². The van der Waals surface area contributed by atoms with Gasteiger partial charge in [-0.25, -0.2) is 0 Å². The number of para-hydroxylation sites is 1. The van der Waals surface area contributed by atoms with E-state index in [1.165, 1.54) is 12.8 Å². The average Bonchev–Trinajstić information content (AvgIpc) is 3.37. The fraction of sp³-hybridized carbons (Fsp3) is 0.350. The van der Waals surface area contributed by atoms with E-state index < -0.39 is 0 Å². The van der Waals surface area contributed by atoms with Gasteiger partial charge < -0.3 is 14.2 Å². The van der Waals surface area contributed by atoms with Crippen LogP contribution in [0.3, 0.4) is 0 Å². The summed E-state index contributed by atoms with van der Waals surface area (Å²) in [5.74, 6) is 1.11. The average molecular weight is 338 g/mol. The highest BCUT2D eigenvalue weighted by Gasteiger charge is 2.27. The summed E-state index contributed by atoms with van der Waals surface area (Å²) in [7, 11) is 0. The molecule has 0 unspecified atom stereocenters. The maximum absolute atomic E-state index is 12.7. The van der Waals surface area contributed by atoms with Gasteiger partial charge in [0.25, 0.3) is 5.91 Å². The standard InChI is InChI=1S/C20H22N2O3/c1-14-15-7-2-3-8-17(15)25-19(14)20(23)21-13-16(18-9-6-12-24-18)22-10-4-5-11-22/h2-3,6-9,12,16H,4-5,10-11,13H2,1H3,(H,21,23)/t16-/m0/s1. The molecule has 2 aromatic heterocycles. The predicted molar refractivity (Wildman–Crippen MR) is 95.5 cm³/mol. The van der Waals surface area contributed by atoms with E-state index in [2.05, 4.69) is 10.2 Å². The number of rotatable bonds is 5. The molecule has 1 aromatic carbocycles. The van der Waals surface area contributed by atoms with Crippen molar-refractivity contribution in [3.8, 4) is 0 Å². The van der Waals surface area contributed by atoms with Gasteiger partial charge in [-0.05, 0) is 51.1 Å². The number of hydrogen-bond acceptors (Lipinski definition) is 4. The Morgan fingerprint density at radius 2 is 2.00 bits per heavy atom. The van der Waals surface area contributed by atoms with Crippen molar-refractivity contribution in [1.29, 1.82) is 0 Å². The Kier molecular flexibility index (Phi) is 4.32. The molecular formula is C20H22N2O3. The maximum atomic E-state index is 12.7. The first kappa shape index (κ1) is 16.0. The summed E-state index contributed by atoms with van der Waals surface area (Å²) < 4.78 is 11.4. The number of carbonyl (C=O) groups excluding carboxylic acids is 1. The topological polar surface area (TPSA) is 58.6 Å². The molecule has 5 heteroatoms. The van der Waals surface area contributed by atoms with E-state index in [0.29, 0.717) is 12.3 Å². The Bertz CT molecular complexity index is 860. The summed E-state index contributed by atoms with van der Waals surface area (Å²) in [4.78, 5) is 15.0. The third-order valence-electron chi connectivity index (χ3n) is 4.96. The van der Waals surface area contributed by atoms with Crippen molar-refractivity contribution in [3.05, 3.63) is 59.7 Å². The molecule has 4 rings (SSSR count). The highest BCUT2D eigenvalue weighted by atomic mass is 16.3. The second-order valence-corrected chi connectivity index (χ2v) is 6.54. The molecule has 0 bridgehead atoms. The van der Waals surface area contributed by atoms with Gasteiger partial charge >= 0.3 is 0 Å². The molecule has 0 saturated carbocycles. The smallest absolute Gasteiger partial charge is 0.287 e. The van der Waals surface area contributed by atoms with Crippen molar-refractivity contribution in [2.45, 2.75) is 25.8 Å². The van der Waals surface area contributed by atoms with Crippen molar-refractivity contribution in [2.75, 3.05) is 19.6 Å². The number of furan rings is 2. The molecule has 1 atom stereocenters. The lowest BCUT2D eigenvalue weighted by atomic mass is 10.1. The minimum Gasteiger partial charge on any atom is -0.468 e. The summed E-state index contributed by atoms with van der Waals surface area (Å²) >= 11 is 0. The summed E-state index contributed by atoms with van der Waals surface area (Å²) in [6, 6.07) is 11.6. The molecule has 3 heterocycles. The molecule has 0 radical (unpaired) electrons. The summed E-state index contributed by atoms with van der Waals surface area (Å²) in [6.07, 6.45) is 4.06. The van der Waals surface area contributed by atoms with Crippen molar-refractivity contribution in [2.24, 2.45) is 0 Å². The number of nitrogens with zero attached hydrogens (tertiary/aromatic N) is 1. The van der Waals surface area contributed by atoms with Crippen molar-refractivity contribution in [1.82, 2.24) is 10.2 Å². The highest BCUT2D eigenvalue weighted by Crippen LogP contribution is 2.27. The fourth-order valence-electron chi connectivity index (χ4n) is 3.60. The Balaban J connectivity index is 1.52. The Labute approximate surface area is 146 Å². The van der Waals surface area contributed by atoms with Crippen LogP contribution in [0.25, 0.3) is 11.0 Å². The molecule has 1 aliphatic heterocycles. The number of likely N-dealkylation sites (tertiary alicyclic amines) is 1. The van der Waals surface area contributed by atoms with Crippen LogP contribution in [0.4, 0.5) is 0 Å². The summed E-state index contributed by atoms with van der Waals surface area (Å²) in [6.45, 7) is 4.49. The quantitative estimate of drug-likeness (QED) is 0.766. The molecule has 1 aliphatic rings. The van der Waals surface area contributed by atoms with Gasteiger partial charge in [0.15, 0.2) is 5.76 Å². The van der Waals surface area contributed by atoms with Gasteiger partial charge in [-0.15, -0.1) is 0 Å². The first-order valence-electron chi connectivity index (χ1n) is 8.78. The number of amides is 1. The number of benzene rings is 1. The Morgan fingerprint density at radius 3 is 2.72 bits per heavy atom. The van der Waals surface area contributed by atoms with E-state index in [9.17, 15) is 4.79 Å². The largest absolute Gasteiger partial charge is 0.468 e. The van der Waals surface area contributed by atoms with E-state index in [-0.39, 0.29) is 11.9 Å². The molecular weight excluding hydrogens is 316 g/mol. The first-order chi connectivity index (χ1) is 12.2. The van der Waals surface area contributed by atoms with E-state index in [0.717, 1.165) is 35.4 Å². The minimum atomic E-state index is -0.176. The predicted octanol–water partition coefficient (Wildman–Crippen LogP) is 3.90. The lowest BCUT2D eigenvalue weighted by Crippen LogP contribution is -2.36. The van der Waals surface area contributed by atoms with Gasteiger partial charge in [-0.1, -0.05) is 18.2 Å². The van der Waals surface area contributed by atoms with Crippen LogP contribution in [-0.4, -0.2) is 30.4 Å². The first-order valence-corrected chi connectivity index (χ1v) is 8.78. The number of carbonyl (C=O) groups is 1. The molecule has 0 aliphatic carbocycles. The van der Waals surface area contributed by atoms with Gasteiger partial charge in [-0.2, -0.15) is 0 Å². The Hall–Kier alpha value is -2.53. The summed E-state index contributed by atoms with van der Waals surface area (Å²) in [5.41, 5.74) is 1.62. The number of fused-ring (bicyclic) bond motifs is 1. The molecule has 1 amide bonds. The van der Waals surface area contributed by atoms with Crippen molar-refractivity contribution in [3.63, 3.8) is 0 Å². The van der Waals surface area contributed by atoms with Gasteiger partial charge in [0, 0.05) is 17.5 Å². The van der Waals surface area contributed by atoms with Crippen LogP contribution in [0, 0.1) is 6.92 Å². The molecule has 1 saturated heterocycles. The van der Waals surface area contributed by atoms with Crippen molar-refractivity contribution >= 4 is 16.9 Å². The van der Waals surface area contributed by atoms with E-state index in [1.54, 1.807) is 6.26 Å². The number of hydrogen-bond donors (Lipinski definition) is 1. The zero-order valence-corrected chi connectivity index (χ0v) is 14.3. The van der Waals surface area contributed by atoms with Crippen LogP contribution >= 0.6 is 0 Å². The van der Waals surface area contributed by atoms with Crippen molar-refractivity contribution < 1.29 is 13.6 Å². The minimum absolute atomic E-state index is 0.0612. The second kappa shape index (κ2) is 6.76. The van der Waals surface area contributed by atoms with Crippen LogP contribution in [-0.2, 0) is 0 Å². The highest BCUT2D eigenvalue weighted by molar-refractivity contribution is 5.98. The third kappa shape index (κ3) is 3.07. The van der Waals surface area contributed by atoms with Crippen LogP contribution in [0.2, 0.25) is 0 Å². The van der Waals surface area contributed by atoms with E-state index in [4.69, 9.17) is 8.83 Å². The third-order valence-corrected chi connectivity index (χ3v) is 4.96. The maximum Gasteiger partial charge on any atom is 0.287 e. The monoisotopic (exact) mass is 338 g/mol. The molecule has 25 heavy (non-hydrogen) atoms. The lowest BCUT2D eigenvalue weighted by Gasteiger charge is -2.25. The fourth-order valence-corrected chi connectivity index (χ4v) is 3.60. The molecule has 130 valence electrons. The van der Waals surface area contributed by atoms with Gasteiger partial charge in [0.1, 0.15) is 11.3 Å². The second-order valence-electron chi connectivity index (χ2n) is 6.54. The molecule has 3 aromatic rings. The van der Waals surface area contributed by atoms with Crippen LogP contribution in [0.15, 0.2) is 51.5 Å². The van der Waals surface area contributed by atoms with Crippen LogP contribution < -0.4 is 5.32 Å². The van der Waals surface area contributed by atoms with Gasteiger partial charge in [0.05, 0.1) is 12.3 Å². The summed E-state index contributed by atoms with van der Waals surface area (Å²) in [5, 5.41) is 4.01. The van der Waals surface area contributed by atoms with Crippen LogP contribution in [0.1, 0.15) is 40.8 Å². The number of aryl methyl sites for hydroxylation is 1. The lowest BCUT2D eigenvalue weighted by molar-refractivity contribution is 0.0907. The van der Waals surface area contributed by atoms with Crippen LogP contribution in [0.5, 0.6) is 0 Å². The Morgan fingerprint density at radius 1 is 1.20 bits per heavy atom. The SMILES string of the molecule is Cc1c(C(=O)NC[C@@H](c2ccco2)N2CCCC2)oc2ccccc12. The molecule has 1 N–H and O–H groups in total. The zero-order valence-electron chi connectivity index (χ0n) is 14.3. The molecule has 5 nitrogen and oxygen atoms in total. The molecule has 0 spiro atoms. The molecule has 1 fully saturated rings. The van der Waals surface area contributed by atoms with Gasteiger partial charge in [-0.3, -0.25) is 9.69 Å². The number of nitrogens with one attached hydrogen (secondary N) is 1. The zero-order chi connectivity index (χ0) is 17.2.